The topological polar surface area (TPSA) is 9.23 Å². The van der Waals surface area contributed by atoms with Crippen molar-refractivity contribution in [3.8, 4) is 5.75 Å². The SMILES string of the molecule is CC1(F)CCOc2cccc(F)c21. The lowest BCUT2D eigenvalue weighted by molar-refractivity contribution is 0.105. The zero-order chi connectivity index (χ0) is 9.47. The maximum absolute atomic E-state index is 13.8. The minimum Gasteiger partial charge on any atom is -0.493 e. The van der Waals surface area contributed by atoms with E-state index < -0.39 is 11.5 Å². The summed E-state index contributed by atoms with van der Waals surface area (Å²) in [4.78, 5) is 0. The Kier molecular flexibility index (Phi) is 1.75. The Labute approximate surface area is 75.3 Å². The van der Waals surface area contributed by atoms with Crippen LogP contribution in [-0.4, -0.2) is 6.61 Å². The van der Waals surface area contributed by atoms with Crippen molar-refractivity contribution in [3.63, 3.8) is 0 Å². The normalized spacial score (nSPS) is 26.4. The van der Waals surface area contributed by atoms with Crippen molar-refractivity contribution in [2.24, 2.45) is 0 Å². The first-order chi connectivity index (χ1) is 6.11. The number of fused-ring (bicyclic) bond motifs is 1. The first-order valence-corrected chi connectivity index (χ1v) is 4.22. The largest absolute Gasteiger partial charge is 0.493 e. The second-order valence-electron chi connectivity index (χ2n) is 3.41. The Morgan fingerprint density at radius 1 is 1.46 bits per heavy atom. The highest BCUT2D eigenvalue weighted by Gasteiger charge is 2.35. The lowest BCUT2D eigenvalue weighted by Gasteiger charge is -2.28. The van der Waals surface area contributed by atoms with Crippen molar-refractivity contribution < 1.29 is 13.5 Å². The van der Waals surface area contributed by atoms with E-state index in [4.69, 9.17) is 4.74 Å². The third-order valence-electron chi connectivity index (χ3n) is 2.33. The molecule has 0 N–H and O–H groups in total. The maximum Gasteiger partial charge on any atom is 0.142 e. The van der Waals surface area contributed by atoms with Gasteiger partial charge in [0.15, 0.2) is 0 Å². The van der Waals surface area contributed by atoms with E-state index in [-0.39, 0.29) is 12.0 Å². The average Bonchev–Trinajstić information content (AvgIpc) is 2.02. The van der Waals surface area contributed by atoms with Gasteiger partial charge in [0.25, 0.3) is 0 Å². The number of alkyl halides is 1. The van der Waals surface area contributed by atoms with E-state index in [9.17, 15) is 8.78 Å². The minimum absolute atomic E-state index is 0.0567. The molecule has 0 aliphatic carbocycles. The van der Waals surface area contributed by atoms with Gasteiger partial charge < -0.3 is 4.74 Å². The van der Waals surface area contributed by atoms with Crippen LogP contribution in [0.1, 0.15) is 18.9 Å². The number of rotatable bonds is 0. The van der Waals surface area contributed by atoms with E-state index >= 15 is 0 Å². The van der Waals surface area contributed by atoms with E-state index in [0.717, 1.165) is 0 Å². The van der Waals surface area contributed by atoms with Crippen LogP contribution >= 0.6 is 0 Å². The molecule has 0 saturated carbocycles. The molecule has 1 aliphatic rings. The van der Waals surface area contributed by atoms with E-state index in [1.807, 2.05) is 0 Å². The van der Waals surface area contributed by atoms with Crippen LogP contribution in [0.5, 0.6) is 5.75 Å². The van der Waals surface area contributed by atoms with Crippen molar-refractivity contribution in [3.05, 3.63) is 29.6 Å². The van der Waals surface area contributed by atoms with Gasteiger partial charge in [0, 0.05) is 6.42 Å². The lowest BCUT2D eigenvalue weighted by Crippen LogP contribution is -2.26. The molecule has 1 aliphatic heterocycles. The molecule has 0 radical (unpaired) electrons. The summed E-state index contributed by atoms with van der Waals surface area (Å²) in [5.41, 5.74) is -1.54. The monoisotopic (exact) mass is 184 g/mol. The van der Waals surface area contributed by atoms with E-state index in [1.54, 1.807) is 6.07 Å². The summed E-state index contributed by atoms with van der Waals surface area (Å²) in [5, 5.41) is 0. The van der Waals surface area contributed by atoms with Gasteiger partial charge in [-0.25, -0.2) is 8.78 Å². The fourth-order valence-electron chi connectivity index (χ4n) is 1.61. The molecule has 2 rings (SSSR count). The number of hydrogen-bond donors (Lipinski definition) is 0. The van der Waals surface area contributed by atoms with Crippen LogP contribution in [0.2, 0.25) is 0 Å². The van der Waals surface area contributed by atoms with Crippen LogP contribution in [0.3, 0.4) is 0 Å². The zero-order valence-electron chi connectivity index (χ0n) is 7.31. The van der Waals surface area contributed by atoms with Crippen LogP contribution in [0.4, 0.5) is 8.78 Å². The van der Waals surface area contributed by atoms with Crippen LogP contribution in [0, 0.1) is 5.82 Å². The van der Waals surface area contributed by atoms with Crippen molar-refractivity contribution in [2.45, 2.75) is 19.0 Å². The van der Waals surface area contributed by atoms with Gasteiger partial charge in [-0.3, -0.25) is 0 Å². The third kappa shape index (κ3) is 1.28. The highest BCUT2D eigenvalue weighted by molar-refractivity contribution is 5.40. The van der Waals surface area contributed by atoms with Gasteiger partial charge in [-0.1, -0.05) is 6.07 Å². The fraction of sp³-hybridized carbons (Fsp3) is 0.400. The van der Waals surface area contributed by atoms with Crippen molar-refractivity contribution in [1.82, 2.24) is 0 Å². The maximum atomic E-state index is 13.8. The van der Waals surface area contributed by atoms with Gasteiger partial charge in [-0.15, -0.1) is 0 Å². The molecule has 13 heavy (non-hydrogen) atoms. The molecule has 0 saturated heterocycles. The highest BCUT2D eigenvalue weighted by Crippen LogP contribution is 2.40. The quantitative estimate of drug-likeness (QED) is 0.602. The summed E-state index contributed by atoms with van der Waals surface area (Å²) in [6.07, 6.45) is 0.209. The first-order valence-electron chi connectivity index (χ1n) is 4.22. The van der Waals surface area contributed by atoms with Crippen LogP contribution in [0.25, 0.3) is 0 Å². The van der Waals surface area contributed by atoms with Gasteiger partial charge in [0.05, 0.1) is 12.2 Å². The predicted octanol–water partition coefficient (Wildman–Crippen LogP) is 2.79. The summed E-state index contributed by atoms with van der Waals surface area (Å²) in [7, 11) is 0. The molecule has 1 heterocycles. The van der Waals surface area contributed by atoms with Crippen LogP contribution in [-0.2, 0) is 5.67 Å². The predicted molar refractivity (Wildman–Crippen MR) is 45.0 cm³/mol. The summed E-state index contributed by atoms with van der Waals surface area (Å²) in [6.45, 7) is 1.70. The van der Waals surface area contributed by atoms with E-state index in [2.05, 4.69) is 0 Å². The number of ether oxygens (including phenoxy) is 1. The molecule has 0 aromatic heterocycles. The molecule has 1 aromatic carbocycles. The molecule has 1 unspecified atom stereocenters. The molecular formula is C10H10F2O. The Morgan fingerprint density at radius 2 is 2.23 bits per heavy atom. The van der Waals surface area contributed by atoms with Gasteiger partial charge in [-0.2, -0.15) is 0 Å². The number of hydrogen-bond acceptors (Lipinski definition) is 1. The van der Waals surface area contributed by atoms with E-state index in [0.29, 0.717) is 12.4 Å². The molecule has 1 aromatic rings. The number of halogens is 2. The first kappa shape index (κ1) is 8.48. The highest BCUT2D eigenvalue weighted by atomic mass is 19.1. The van der Waals surface area contributed by atoms with Crippen LogP contribution in [0.15, 0.2) is 18.2 Å². The van der Waals surface area contributed by atoms with E-state index in [1.165, 1.54) is 19.1 Å². The van der Waals surface area contributed by atoms with Crippen molar-refractivity contribution in [2.75, 3.05) is 6.61 Å². The van der Waals surface area contributed by atoms with Gasteiger partial charge in [-0.05, 0) is 19.1 Å². The molecule has 0 bridgehead atoms. The molecule has 70 valence electrons. The van der Waals surface area contributed by atoms with Crippen LogP contribution < -0.4 is 4.74 Å². The molecule has 1 atom stereocenters. The minimum atomic E-state index is -1.60. The molecule has 1 nitrogen and oxygen atoms in total. The Hall–Kier alpha value is -1.12. The molecule has 0 spiro atoms. The Bertz CT molecular complexity index is 334. The number of benzene rings is 1. The zero-order valence-corrected chi connectivity index (χ0v) is 7.31. The third-order valence-corrected chi connectivity index (χ3v) is 2.33. The lowest BCUT2D eigenvalue weighted by atomic mass is 9.91. The Balaban J connectivity index is 2.61. The van der Waals surface area contributed by atoms with Crippen molar-refractivity contribution in [1.29, 1.82) is 0 Å². The molecule has 3 heteroatoms. The molecular weight excluding hydrogens is 174 g/mol. The smallest absolute Gasteiger partial charge is 0.142 e. The average molecular weight is 184 g/mol. The second-order valence-corrected chi connectivity index (χ2v) is 3.41. The Morgan fingerprint density at radius 3 is 2.92 bits per heavy atom. The summed E-state index contributed by atoms with van der Waals surface area (Å²) >= 11 is 0. The molecule has 0 fully saturated rings. The van der Waals surface area contributed by atoms with Gasteiger partial charge in [0.2, 0.25) is 0 Å². The van der Waals surface area contributed by atoms with Gasteiger partial charge in [0.1, 0.15) is 17.2 Å². The molecule has 0 amide bonds. The standard InChI is InChI=1S/C10H10F2O/c1-10(12)5-6-13-8-4-2-3-7(11)9(8)10/h2-4H,5-6H2,1H3. The summed E-state index contributed by atoms with van der Waals surface area (Å²) < 4.78 is 32.2. The summed E-state index contributed by atoms with van der Waals surface area (Å²) in [5.74, 6) is -0.196. The summed E-state index contributed by atoms with van der Waals surface area (Å²) in [6, 6.07) is 4.37. The second kappa shape index (κ2) is 2.69. The fourth-order valence-corrected chi connectivity index (χ4v) is 1.61. The van der Waals surface area contributed by atoms with Crippen molar-refractivity contribution >= 4 is 0 Å². The van der Waals surface area contributed by atoms with Gasteiger partial charge >= 0.3 is 0 Å².